The van der Waals surface area contributed by atoms with Crippen LogP contribution in [0.25, 0.3) is 0 Å². The number of aromatic nitrogens is 1. The number of pyridine rings is 1. The number of para-hydroxylation sites is 1. The van der Waals surface area contributed by atoms with Crippen LogP contribution in [0.4, 0.5) is 10.1 Å². The van der Waals surface area contributed by atoms with Crippen molar-refractivity contribution in [3.05, 3.63) is 59.7 Å². The molecule has 0 spiro atoms. The predicted octanol–water partition coefficient (Wildman–Crippen LogP) is 2.37. The fourth-order valence-electron chi connectivity index (χ4n) is 1.67. The fraction of sp³-hybridized carbons (Fsp3) is 0.0714. The van der Waals surface area contributed by atoms with E-state index in [1.54, 1.807) is 24.3 Å². The van der Waals surface area contributed by atoms with Crippen LogP contribution in [0.15, 0.2) is 42.5 Å². The number of anilines is 1. The van der Waals surface area contributed by atoms with E-state index in [4.69, 9.17) is 5.26 Å². The molecule has 94 valence electrons. The second-order valence-corrected chi connectivity index (χ2v) is 3.84. The largest absolute Gasteiger partial charge is 0.309 e. The van der Waals surface area contributed by atoms with Gasteiger partial charge in [0.15, 0.2) is 0 Å². The van der Waals surface area contributed by atoms with Gasteiger partial charge in [0.25, 0.3) is 5.91 Å². The molecule has 1 heterocycles. The first-order valence-corrected chi connectivity index (χ1v) is 5.53. The normalized spacial score (nSPS) is 9.74. The van der Waals surface area contributed by atoms with E-state index in [1.165, 1.54) is 30.1 Å². The number of amides is 1. The molecular formula is C14H10FN3O. The van der Waals surface area contributed by atoms with Crippen molar-refractivity contribution in [3.63, 3.8) is 0 Å². The van der Waals surface area contributed by atoms with Crippen LogP contribution in [0.2, 0.25) is 0 Å². The maximum atomic E-state index is 13.0. The third-order valence-electron chi connectivity index (χ3n) is 2.62. The minimum absolute atomic E-state index is 0.00440. The Labute approximate surface area is 109 Å². The second-order valence-electron chi connectivity index (χ2n) is 3.84. The van der Waals surface area contributed by atoms with Gasteiger partial charge >= 0.3 is 0 Å². The van der Waals surface area contributed by atoms with Crippen LogP contribution < -0.4 is 4.90 Å². The lowest BCUT2D eigenvalue weighted by Crippen LogP contribution is -2.28. The Morgan fingerprint density at radius 1 is 1.26 bits per heavy atom. The summed E-state index contributed by atoms with van der Waals surface area (Å²) < 4.78 is 13.0. The minimum Gasteiger partial charge on any atom is -0.309 e. The van der Waals surface area contributed by atoms with Gasteiger partial charge in [-0.3, -0.25) is 4.79 Å². The number of benzene rings is 1. The molecule has 1 amide bonds. The van der Waals surface area contributed by atoms with E-state index in [2.05, 4.69) is 4.98 Å². The first kappa shape index (κ1) is 12.7. The van der Waals surface area contributed by atoms with E-state index < -0.39 is 11.9 Å². The summed E-state index contributed by atoms with van der Waals surface area (Å²) in [6.45, 7) is 0. The molecule has 0 aliphatic carbocycles. The van der Waals surface area contributed by atoms with Gasteiger partial charge in [0.2, 0.25) is 5.95 Å². The predicted molar refractivity (Wildman–Crippen MR) is 68.1 cm³/mol. The maximum absolute atomic E-state index is 13.0. The first-order valence-electron chi connectivity index (χ1n) is 5.53. The molecule has 0 aliphatic heterocycles. The highest BCUT2D eigenvalue weighted by Crippen LogP contribution is 2.19. The highest BCUT2D eigenvalue weighted by Gasteiger charge is 2.17. The van der Waals surface area contributed by atoms with Crippen molar-refractivity contribution in [3.8, 4) is 6.07 Å². The lowest BCUT2D eigenvalue weighted by molar-refractivity contribution is 0.0987. The van der Waals surface area contributed by atoms with Gasteiger partial charge in [-0.25, -0.2) is 4.98 Å². The van der Waals surface area contributed by atoms with E-state index in [1.807, 2.05) is 6.07 Å². The quantitative estimate of drug-likeness (QED) is 0.774. The third-order valence-corrected chi connectivity index (χ3v) is 2.62. The zero-order valence-corrected chi connectivity index (χ0v) is 10.2. The third kappa shape index (κ3) is 2.58. The van der Waals surface area contributed by atoms with Crippen LogP contribution in [0, 0.1) is 17.3 Å². The SMILES string of the molecule is CN(C(=O)c1cccc(F)n1)c1ccccc1C#N. The van der Waals surface area contributed by atoms with Crippen molar-refractivity contribution in [2.75, 3.05) is 11.9 Å². The Balaban J connectivity index is 2.37. The van der Waals surface area contributed by atoms with Crippen LogP contribution in [0.1, 0.15) is 16.1 Å². The van der Waals surface area contributed by atoms with Crippen molar-refractivity contribution in [2.45, 2.75) is 0 Å². The molecule has 2 aromatic rings. The van der Waals surface area contributed by atoms with Crippen LogP contribution in [0.5, 0.6) is 0 Å². The van der Waals surface area contributed by atoms with Gasteiger partial charge in [-0.15, -0.1) is 0 Å². The Morgan fingerprint density at radius 3 is 2.68 bits per heavy atom. The molecule has 4 nitrogen and oxygen atoms in total. The molecule has 0 atom stereocenters. The topological polar surface area (TPSA) is 57.0 Å². The van der Waals surface area contributed by atoms with Gasteiger partial charge < -0.3 is 4.90 Å². The molecule has 19 heavy (non-hydrogen) atoms. The second kappa shape index (κ2) is 5.27. The molecule has 0 bridgehead atoms. The number of halogens is 1. The molecule has 0 aliphatic rings. The zero-order chi connectivity index (χ0) is 13.8. The van der Waals surface area contributed by atoms with Crippen molar-refractivity contribution in [2.24, 2.45) is 0 Å². The highest BCUT2D eigenvalue weighted by molar-refractivity contribution is 6.05. The van der Waals surface area contributed by atoms with Gasteiger partial charge in [0.1, 0.15) is 11.8 Å². The zero-order valence-electron chi connectivity index (χ0n) is 10.2. The summed E-state index contributed by atoms with van der Waals surface area (Å²) in [5.74, 6) is -1.19. The lowest BCUT2D eigenvalue weighted by atomic mass is 10.1. The molecule has 0 unspecified atom stereocenters. The van der Waals surface area contributed by atoms with Gasteiger partial charge in [-0.05, 0) is 24.3 Å². The number of nitriles is 1. The smallest absolute Gasteiger partial charge is 0.276 e. The van der Waals surface area contributed by atoms with E-state index >= 15 is 0 Å². The molecule has 0 fully saturated rings. The summed E-state index contributed by atoms with van der Waals surface area (Å²) in [4.78, 5) is 17.0. The monoisotopic (exact) mass is 255 g/mol. The summed E-state index contributed by atoms with van der Waals surface area (Å²) in [6.07, 6.45) is 0. The summed E-state index contributed by atoms with van der Waals surface area (Å²) in [5.41, 5.74) is 0.825. The van der Waals surface area contributed by atoms with E-state index in [0.29, 0.717) is 11.3 Å². The lowest BCUT2D eigenvalue weighted by Gasteiger charge is -2.17. The maximum Gasteiger partial charge on any atom is 0.276 e. The van der Waals surface area contributed by atoms with Crippen molar-refractivity contribution < 1.29 is 9.18 Å². The van der Waals surface area contributed by atoms with Crippen molar-refractivity contribution in [1.82, 2.24) is 4.98 Å². The molecule has 2 rings (SSSR count). The molecule has 0 saturated carbocycles. The van der Waals surface area contributed by atoms with E-state index in [9.17, 15) is 9.18 Å². The molecule has 1 aromatic carbocycles. The molecular weight excluding hydrogens is 245 g/mol. The first-order chi connectivity index (χ1) is 9.13. The Hall–Kier alpha value is -2.74. The Kier molecular flexibility index (Phi) is 3.53. The Bertz CT molecular complexity index is 664. The number of carbonyl (C=O) groups is 1. The summed E-state index contributed by atoms with van der Waals surface area (Å²) >= 11 is 0. The molecule has 0 saturated heterocycles. The molecule has 1 aromatic heterocycles. The van der Waals surface area contributed by atoms with Crippen LogP contribution in [-0.4, -0.2) is 17.9 Å². The molecule has 0 N–H and O–H groups in total. The van der Waals surface area contributed by atoms with Gasteiger partial charge in [-0.1, -0.05) is 18.2 Å². The highest BCUT2D eigenvalue weighted by atomic mass is 19.1. The number of hydrogen-bond donors (Lipinski definition) is 0. The fourth-order valence-corrected chi connectivity index (χ4v) is 1.67. The van der Waals surface area contributed by atoms with Crippen LogP contribution in [-0.2, 0) is 0 Å². The summed E-state index contributed by atoms with van der Waals surface area (Å²) in [5, 5.41) is 9.00. The molecule has 0 radical (unpaired) electrons. The van der Waals surface area contributed by atoms with Gasteiger partial charge in [0, 0.05) is 7.05 Å². The van der Waals surface area contributed by atoms with Gasteiger partial charge in [0.05, 0.1) is 11.3 Å². The minimum atomic E-state index is -0.715. The van der Waals surface area contributed by atoms with Crippen LogP contribution in [0.3, 0.4) is 0 Å². The number of carbonyl (C=O) groups excluding carboxylic acids is 1. The average Bonchev–Trinajstić information content (AvgIpc) is 2.45. The van der Waals surface area contributed by atoms with Crippen LogP contribution >= 0.6 is 0 Å². The van der Waals surface area contributed by atoms with Crippen molar-refractivity contribution >= 4 is 11.6 Å². The molecule has 5 heteroatoms. The Morgan fingerprint density at radius 2 is 2.00 bits per heavy atom. The average molecular weight is 255 g/mol. The van der Waals surface area contributed by atoms with Crippen molar-refractivity contribution in [1.29, 1.82) is 5.26 Å². The summed E-state index contributed by atoms with van der Waals surface area (Å²) in [6, 6.07) is 12.7. The van der Waals surface area contributed by atoms with Gasteiger partial charge in [-0.2, -0.15) is 9.65 Å². The van der Waals surface area contributed by atoms with E-state index in [-0.39, 0.29) is 5.69 Å². The number of hydrogen-bond acceptors (Lipinski definition) is 3. The summed E-state index contributed by atoms with van der Waals surface area (Å²) in [7, 11) is 1.52. The number of nitrogens with zero attached hydrogens (tertiary/aromatic N) is 3. The number of rotatable bonds is 2. The standard InChI is InChI=1S/C14H10FN3O/c1-18(12-7-3-2-5-10(12)9-16)14(19)11-6-4-8-13(15)17-11/h2-8H,1H3. The van der Waals surface area contributed by atoms with E-state index in [0.717, 1.165) is 0 Å².